The molecule has 1 atom stereocenters. The quantitative estimate of drug-likeness (QED) is 0.907. The van der Waals surface area contributed by atoms with E-state index < -0.39 is 6.04 Å². The minimum Gasteiger partial charge on any atom is -0.350 e. The molecule has 130 valence electrons. The van der Waals surface area contributed by atoms with Crippen LogP contribution in [0.2, 0.25) is 5.02 Å². The first kappa shape index (κ1) is 17.5. The average molecular weight is 357 g/mol. The summed E-state index contributed by atoms with van der Waals surface area (Å²) in [5.41, 5.74) is 2.88. The Morgan fingerprint density at radius 2 is 2.00 bits per heavy atom. The third-order valence-corrected chi connectivity index (χ3v) is 4.71. The molecule has 3 rings (SSSR count). The van der Waals surface area contributed by atoms with Gasteiger partial charge in [-0.3, -0.25) is 14.5 Å². The van der Waals surface area contributed by atoms with Crippen LogP contribution in [0.1, 0.15) is 30.9 Å². The predicted octanol–water partition coefficient (Wildman–Crippen LogP) is 3.71. The standard InChI is InChI=1S/C20H21ClN2O2/c1-14(20(25)22-13-15-6-4-9-17(21)12-15)23-18-10-3-2-7-16(18)8-5-11-19(23)24/h2-4,6-7,9-10,12,14H,5,8,11,13H2,1H3,(H,22,25). The smallest absolute Gasteiger partial charge is 0.243 e. The Bertz CT molecular complexity index is 791. The van der Waals surface area contributed by atoms with Gasteiger partial charge in [-0.15, -0.1) is 0 Å². The molecule has 0 saturated carbocycles. The lowest BCUT2D eigenvalue weighted by Crippen LogP contribution is -2.48. The molecular formula is C20H21ClN2O2. The van der Waals surface area contributed by atoms with E-state index in [1.807, 2.05) is 42.5 Å². The van der Waals surface area contributed by atoms with Crippen LogP contribution in [0.4, 0.5) is 5.69 Å². The molecule has 5 heteroatoms. The number of anilines is 1. The molecule has 2 amide bonds. The second-order valence-corrected chi connectivity index (χ2v) is 6.71. The number of carbonyl (C=O) groups is 2. The molecule has 1 unspecified atom stereocenters. The van der Waals surface area contributed by atoms with E-state index in [1.54, 1.807) is 17.9 Å². The van der Waals surface area contributed by atoms with Gasteiger partial charge in [-0.2, -0.15) is 0 Å². The zero-order valence-corrected chi connectivity index (χ0v) is 14.9. The molecule has 1 aliphatic rings. The molecular weight excluding hydrogens is 336 g/mol. The molecule has 0 aromatic heterocycles. The lowest BCUT2D eigenvalue weighted by molar-refractivity contribution is -0.126. The van der Waals surface area contributed by atoms with Gasteiger partial charge in [0.1, 0.15) is 6.04 Å². The number of halogens is 1. The van der Waals surface area contributed by atoms with Gasteiger partial charge in [-0.05, 0) is 49.1 Å². The van der Waals surface area contributed by atoms with Crippen LogP contribution in [-0.4, -0.2) is 17.9 Å². The van der Waals surface area contributed by atoms with Crippen LogP contribution in [0.15, 0.2) is 48.5 Å². The SMILES string of the molecule is CC(C(=O)NCc1cccc(Cl)c1)N1C(=O)CCCc2ccccc21. The average Bonchev–Trinajstić information content (AvgIpc) is 2.77. The summed E-state index contributed by atoms with van der Waals surface area (Å²) >= 11 is 5.97. The lowest BCUT2D eigenvalue weighted by atomic mass is 10.1. The van der Waals surface area contributed by atoms with E-state index in [1.165, 1.54) is 0 Å². The Morgan fingerprint density at radius 1 is 1.20 bits per heavy atom. The number of carbonyl (C=O) groups excluding carboxylic acids is 2. The summed E-state index contributed by atoms with van der Waals surface area (Å²) in [6.45, 7) is 2.15. The maximum absolute atomic E-state index is 12.6. The Hall–Kier alpha value is -2.33. The zero-order chi connectivity index (χ0) is 17.8. The van der Waals surface area contributed by atoms with E-state index >= 15 is 0 Å². The first-order valence-electron chi connectivity index (χ1n) is 8.48. The fourth-order valence-corrected chi connectivity index (χ4v) is 3.38. The van der Waals surface area contributed by atoms with Crippen molar-refractivity contribution in [2.24, 2.45) is 0 Å². The van der Waals surface area contributed by atoms with Gasteiger partial charge in [0.15, 0.2) is 0 Å². The molecule has 2 aromatic rings. The number of aryl methyl sites for hydroxylation is 1. The first-order valence-corrected chi connectivity index (χ1v) is 8.86. The highest BCUT2D eigenvalue weighted by Crippen LogP contribution is 2.28. The van der Waals surface area contributed by atoms with E-state index in [2.05, 4.69) is 5.32 Å². The molecule has 2 aromatic carbocycles. The second kappa shape index (κ2) is 7.70. The summed E-state index contributed by atoms with van der Waals surface area (Å²) in [5, 5.41) is 3.54. The van der Waals surface area contributed by atoms with E-state index in [9.17, 15) is 9.59 Å². The summed E-state index contributed by atoms with van der Waals surface area (Å²) in [4.78, 5) is 26.8. The molecule has 1 N–H and O–H groups in total. The number of amides is 2. The fraction of sp³-hybridized carbons (Fsp3) is 0.300. The monoisotopic (exact) mass is 356 g/mol. The number of benzene rings is 2. The van der Waals surface area contributed by atoms with Crippen LogP contribution in [0.3, 0.4) is 0 Å². The third-order valence-electron chi connectivity index (χ3n) is 4.48. The summed E-state index contributed by atoms with van der Waals surface area (Å²) < 4.78 is 0. The van der Waals surface area contributed by atoms with Crippen LogP contribution in [0.25, 0.3) is 0 Å². The number of hydrogen-bond acceptors (Lipinski definition) is 2. The highest BCUT2D eigenvalue weighted by Gasteiger charge is 2.30. The molecule has 0 spiro atoms. The largest absolute Gasteiger partial charge is 0.350 e. The molecule has 0 saturated heterocycles. The number of para-hydroxylation sites is 1. The molecule has 1 aliphatic heterocycles. The van der Waals surface area contributed by atoms with Crippen LogP contribution in [0.5, 0.6) is 0 Å². The predicted molar refractivity (Wildman–Crippen MR) is 99.6 cm³/mol. The Balaban J connectivity index is 1.75. The van der Waals surface area contributed by atoms with Crippen LogP contribution >= 0.6 is 11.6 Å². The summed E-state index contributed by atoms with van der Waals surface area (Å²) in [6.07, 6.45) is 2.12. The number of nitrogens with zero attached hydrogens (tertiary/aromatic N) is 1. The van der Waals surface area contributed by atoms with Crippen molar-refractivity contribution < 1.29 is 9.59 Å². The number of nitrogens with one attached hydrogen (secondary N) is 1. The molecule has 0 aliphatic carbocycles. The van der Waals surface area contributed by atoms with Crippen molar-refractivity contribution >= 4 is 29.1 Å². The molecule has 0 bridgehead atoms. The van der Waals surface area contributed by atoms with Gasteiger partial charge in [-0.25, -0.2) is 0 Å². The lowest BCUT2D eigenvalue weighted by Gasteiger charge is -2.28. The van der Waals surface area contributed by atoms with Gasteiger partial charge in [0.05, 0.1) is 0 Å². The Labute approximate surface area is 152 Å². The number of rotatable bonds is 4. The topological polar surface area (TPSA) is 49.4 Å². The summed E-state index contributed by atoms with van der Waals surface area (Å²) in [5.74, 6) is -0.180. The van der Waals surface area contributed by atoms with Crippen molar-refractivity contribution in [3.63, 3.8) is 0 Å². The minimum absolute atomic E-state index is 0.00430. The summed E-state index contributed by atoms with van der Waals surface area (Å²) in [6, 6.07) is 14.6. The second-order valence-electron chi connectivity index (χ2n) is 6.27. The van der Waals surface area contributed by atoms with Gasteiger partial charge in [-0.1, -0.05) is 41.9 Å². The zero-order valence-electron chi connectivity index (χ0n) is 14.2. The Kier molecular flexibility index (Phi) is 5.39. The van der Waals surface area contributed by atoms with Crippen LogP contribution in [-0.2, 0) is 22.6 Å². The summed E-state index contributed by atoms with van der Waals surface area (Å²) in [7, 11) is 0. The van der Waals surface area contributed by atoms with Crippen molar-refractivity contribution in [1.29, 1.82) is 0 Å². The molecule has 25 heavy (non-hydrogen) atoms. The van der Waals surface area contributed by atoms with Gasteiger partial charge < -0.3 is 5.32 Å². The van der Waals surface area contributed by atoms with Crippen molar-refractivity contribution in [2.75, 3.05) is 4.90 Å². The highest BCUT2D eigenvalue weighted by molar-refractivity contribution is 6.30. The van der Waals surface area contributed by atoms with Crippen LogP contribution < -0.4 is 10.2 Å². The maximum Gasteiger partial charge on any atom is 0.243 e. The van der Waals surface area contributed by atoms with Gasteiger partial charge in [0.2, 0.25) is 11.8 Å². The van der Waals surface area contributed by atoms with Gasteiger partial charge in [0, 0.05) is 23.7 Å². The van der Waals surface area contributed by atoms with Crippen LogP contribution in [0, 0.1) is 0 Å². The minimum atomic E-state index is -0.564. The molecule has 0 fully saturated rings. The molecule has 1 heterocycles. The highest BCUT2D eigenvalue weighted by atomic mass is 35.5. The molecule has 4 nitrogen and oxygen atoms in total. The van der Waals surface area contributed by atoms with Crippen molar-refractivity contribution in [2.45, 2.75) is 38.8 Å². The number of fused-ring (bicyclic) bond motifs is 1. The van der Waals surface area contributed by atoms with Gasteiger partial charge >= 0.3 is 0 Å². The van der Waals surface area contributed by atoms with E-state index in [4.69, 9.17) is 11.6 Å². The number of hydrogen-bond donors (Lipinski definition) is 1. The van der Waals surface area contributed by atoms with E-state index in [0.29, 0.717) is 18.0 Å². The van der Waals surface area contributed by atoms with Gasteiger partial charge in [0.25, 0.3) is 0 Å². The van der Waals surface area contributed by atoms with Crippen molar-refractivity contribution in [3.8, 4) is 0 Å². The van der Waals surface area contributed by atoms with Crippen molar-refractivity contribution in [1.82, 2.24) is 5.32 Å². The van der Waals surface area contributed by atoms with E-state index in [0.717, 1.165) is 29.7 Å². The van der Waals surface area contributed by atoms with E-state index in [-0.39, 0.29) is 11.8 Å². The first-order chi connectivity index (χ1) is 12.1. The van der Waals surface area contributed by atoms with Crippen molar-refractivity contribution in [3.05, 3.63) is 64.7 Å². The molecule has 0 radical (unpaired) electrons. The fourth-order valence-electron chi connectivity index (χ4n) is 3.17. The maximum atomic E-state index is 12.6. The normalized spacial score (nSPS) is 15.3. The Morgan fingerprint density at radius 3 is 2.80 bits per heavy atom. The third kappa shape index (κ3) is 4.02.